The molecule has 4 heteroatoms. The highest BCUT2D eigenvalue weighted by atomic mass is 16.4. The van der Waals surface area contributed by atoms with Gasteiger partial charge in [0.25, 0.3) is 0 Å². The summed E-state index contributed by atoms with van der Waals surface area (Å²) in [7, 11) is 0. The number of phenols is 1. The molecule has 1 heterocycles. The second kappa shape index (κ2) is 3.08. The number of hydrogen-bond acceptors (Lipinski definition) is 4. The summed E-state index contributed by atoms with van der Waals surface area (Å²) in [6.07, 6.45) is 2.28. The van der Waals surface area contributed by atoms with Gasteiger partial charge < -0.3 is 9.52 Å². The quantitative estimate of drug-likeness (QED) is 0.811. The molecule has 15 heavy (non-hydrogen) atoms. The van der Waals surface area contributed by atoms with Gasteiger partial charge >= 0.3 is 0 Å². The van der Waals surface area contributed by atoms with E-state index < -0.39 is 0 Å². The van der Waals surface area contributed by atoms with Gasteiger partial charge in [-0.05, 0) is 31.0 Å². The van der Waals surface area contributed by atoms with Gasteiger partial charge in [0.2, 0.25) is 11.8 Å². The molecule has 0 unspecified atom stereocenters. The number of phenolic OH excluding ortho intramolecular Hbond substituents is 1. The fourth-order valence-corrected chi connectivity index (χ4v) is 1.49. The molecule has 1 aromatic carbocycles. The largest absolute Gasteiger partial charge is 0.508 e. The van der Waals surface area contributed by atoms with Crippen LogP contribution in [0.3, 0.4) is 0 Å². The summed E-state index contributed by atoms with van der Waals surface area (Å²) in [6, 6.07) is 6.82. The van der Waals surface area contributed by atoms with Gasteiger partial charge in [-0.25, -0.2) is 0 Å². The van der Waals surface area contributed by atoms with E-state index in [1.165, 1.54) is 0 Å². The normalized spacial score (nSPS) is 15.5. The fourth-order valence-electron chi connectivity index (χ4n) is 1.49. The summed E-state index contributed by atoms with van der Waals surface area (Å²) < 4.78 is 5.52. The van der Waals surface area contributed by atoms with Crippen molar-refractivity contribution in [1.29, 1.82) is 0 Å². The Kier molecular flexibility index (Phi) is 1.74. The van der Waals surface area contributed by atoms with Crippen molar-refractivity contribution < 1.29 is 9.52 Å². The predicted octanol–water partition coefficient (Wildman–Crippen LogP) is 2.32. The lowest BCUT2D eigenvalue weighted by atomic mass is 10.2. The number of benzene rings is 1. The molecule has 1 aliphatic rings. The molecule has 1 N–H and O–H groups in total. The van der Waals surface area contributed by atoms with Crippen LogP contribution < -0.4 is 0 Å². The number of aromatic hydroxyl groups is 1. The molecule has 1 aliphatic carbocycles. The maximum absolute atomic E-state index is 9.31. The molecule has 1 saturated carbocycles. The summed E-state index contributed by atoms with van der Waals surface area (Å²) >= 11 is 0. The van der Waals surface area contributed by atoms with Crippen LogP contribution in [0, 0.1) is 0 Å². The van der Waals surface area contributed by atoms with Crippen molar-refractivity contribution in [2.75, 3.05) is 0 Å². The average Bonchev–Trinajstić information content (AvgIpc) is 2.97. The third-order valence-corrected chi connectivity index (χ3v) is 2.46. The Morgan fingerprint density at radius 3 is 2.87 bits per heavy atom. The van der Waals surface area contributed by atoms with Gasteiger partial charge in [0.05, 0.1) is 0 Å². The monoisotopic (exact) mass is 202 g/mol. The summed E-state index contributed by atoms with van der Waals surface area (Å²) in [6.45, 7) is 0. The maximum Gasteiger partial charge on any atom is 0.247 e. The van der Waals surface area contributed by atoms with E-state index in [-0.39, 0.29) is 5.75 Å². The molecule has 1 fully saturated rings. The van der Waals surface area contributed by atoms with Crippen LogP contribution in [-0.4, -0.2) is 15.3 Å². The van der Waals surface area contributed by atoms with Crippen molar-refractivity contribution in [3.8, 4) is 17.2 Å². The highest BCUT2D eigenvalue weighted by Crippen LogP contribution is 2.40. The Morgan fingerprint density at radius 1 is 1.27 bits per heavy atom. The third kappa shape index (κ3) is 1.58. The fraction of sp³-hybridized carbons (Fsp3) is 0.273. The van der Waals surface area contributed by atoms with Crippen molar-refractivity contribution in [2.45, 2.75) is 18.8 Å². The first-order valence-corrected chi connectivity index (χ1v) is 4.96. The van der Waals surface area contributed by atoms with Gasteiger partial charge in [0, 0.05) is 11.5 Å². The van der Waals surface area contributed by atoms with Crippen LogP contribution >= 0.6 is 0 Å². The first-order valence-electron chi connectivity index (χ1n) is 4.96. The van der Waals surface area contributed by atoms with Gasteiger partial charge in [0.15, 0.2) is 0 Å². The van der Waals surface area contributed by atoms with Gasteiger partial charge in [-0.2, -0.15) is 0 Å². The van der Waals surface area contributed by atoms with Crippen molar-refractivity contribution in [1.82, 2.24) is 10.2 Å². The average molecular weight is 202 g/mol. The molecule has 3 rings (SSSR count). The molecule has 0 spiro atoms. The van der Waals surface area contributed by atoms with E-state index in [4.69, 9.17) is 4.42 Å². The Bertz CT molecular complexity index is 489. The molecule has 0 amide bonds. The van der Waals surface area contributed by atoms with Crippen LogP contribution in [0.2, 0.25) is 0 Å². The third-order valence-electron chi connectivity index (χ3n) is 2.46. The van der Waals surface area contributed by atoms with Crippen LogP contribution in [0.5, 0.6) is 5.75 Å². The zero-order valence-electron chi connectivity index (χ0n) is 8.05. The Morgan fingerprint density at radius 2 is 2.13 bits per heavy atom. The van der Waals surface area contributed by atoms with Crippen molar-refractivity contribution >= 4 is 0 Å². The molecule has 0 radical (unpaired) electrons. The van der Waals surface area contributed by atoms with E-state index in [1.54, 1.807) is 18.2 Å². The van der Waals surface area contributed by atoms with Crippen LogP contribution in [0.4, 0.5) is 0 Å². The molecule has 0 saturated heterocycles. The number of nitrogens with zero attached hydrogens (tertiary/aromatic N) is 2. The summed E-state index contributed by atoms with van der Waals surface area (Å²) in [5.74, 6) is 1.86. The van der Waals surface area contributed by atoms with E-state index in [0.29, 0.717) is 17.7 Å². The minimum Gasteiger partial charge on any atom is -0.508 e. The minimum atomic E-state index is 0.207. The second-order valence-electron chi connectivity index (χ2n) is 3.77. The van der Waals surface area contributed by atoms with Gasteiger partial charge in [-0.15, -0.1) is 10.2 Å². The number of hydrogen-bond donors (Lipinski definition) is 1. The Labute approximate surface area is 86.6 Å². The first-order chi connectivity index (χ1) is 7.33. The zero-order chi connectivity index (χ0) is 10.3. The number of rotatable bonds is 2. The van der Waals surface area contributed by atoms with Gasteiger partial charge in [0.1, 0.15) is 5.75 Å². The molecular formula is C11H10N2O2. The highest BCUT2D eigenvalue weighted by Gasteiger charge is 2.29. The SMILES string of the molecule is Oc1cccc(-c2nnc(C3CC3)o2)c1. The first kappa shape index (κ1) is 8.47. The van der Waals surface area contributed by atoms with E-state index in [1.807, 2.05) is 6.07 Å². The molecule has 2 aromatic rings. The summed E-state index contributed by atoms with van der Waals surface area (Å²) in [4.78, 5) is 0. The van der Waals surface area contributed by atoms with Crippen molar-refractivity contribution in [2.24, 2.45) is 0 Å². The second-order valence-corrected chi connectivity index (χ2v) is 3.77. The lowest BCUT2D eigenvalue weighted by molar-refractivity contribution is 0.474. The van der Waals surface area contributed by atoms with E-state index >= 15 is 0 Å². The number of aromatic nitrogens is 2. The topological polar surface area (TPSA) is 59.2 Å². The Hall–Kier alpha value is -1.84. The maximum atomic E-state index is 9.31. The van der Waals surface area contributed by atoms with E-state index in [0.717, 1.165) is 18.4 Å². The molecule has 0 bridgehead atoms. The molecular weight excluding hydrogens is 192 g/mol. The predicted molar refractivity (Wildman–Crippen MR) is 53.4 cm³/mol. The van der Waals surface area contributed by atoms with Crippen LogP contribution in [-0.2, 0) is 0 Å². The molecule has 0 atom stereocenters. The smallest absolute Gasteiger partial charge is 0.247 e. The lowest BCUT2D eigenvalue weighted by Gasteiger charge is -1.94. The van der Waals surface area contributed by atoms with Crippen molar-refractivity contribution in [3.63, 3.8) is 0 Å². The zero-order valence-corrected chi connectivity index (χ0v) is 8.05. The van der Waals surface area contributed by atoms with Crippen LogP contribution in [0.15, 0.2) is 28.7 Å². The van der Waals surface area contributed by atoms with Crippen molar-refractivity contribution in [3.05, 3.63) is 30.2 Å². The molecule has 0 aliphatic heterocycles. The minimum absolute atomic E-state index is 0.207. The molecule has 4 nitrogen and oxygen atoms in total. The molecule has 76 valence electrons. The molecule has 1 aromatic heterocycles. The lowest BCUT2D eigenvalue weighted by Crippen LogP contribution is -1.77. The summed E-state index contributed by atoms with van der Waals surface area (Å²) in [5, 5.41) is 17.3. The van der Waals surface area contributed by atoms with E-state index in [9.17, 15) is 5.11 Å². The summed E-state index contributed by atoms with van der Waals surface area (Å²) in [5.41, 5.74) is 0.759. The van der Waals surface area contributed by atoms with E-state index in [2.05, 4.69) is 10.2 Å². The van der Waals surface area contributed by atoms with Crippen LogP contribution in [0.25, 0.3) is 11.5 Å². The highest BCUT2D eigenvalue weighted by molar-refractivity contribution is 5.55. The van der Waals surface area contributed by atoms with Gasteiger partial charge in [-0.3, -0.25) is 0 Å². The Balaban J connectivity index is 1.97. The van der Waals surface area contributed by atoms with Crippen LogP contribution in [0.1, 0.15) is 24.7 Å². The standard InChI is InChI=1S/C11H10N2O2/c14-9-3-1-2-8(6-9)11-13-12-10(15-11)7-4-5-7/h1-3,6-7,14H,4-5H2. The van der Waals surface area contributed by atoms with Gasteiger partial charge in [-0.1, -0.05) is 6.07 Å².